The number of likely N-dealkylation sites (N-methyl/N-ethyl adjacent to an activating group) is 1. The summed E-state index contributed by atoms with van der Waals surface area (Å²) in [6, 6.07) is -1.32. The van der Waals surface area contributed by atoms with Gasteiger partial charge in [0.05, 0.1) is 0 Å². The number of hydrogen-bond acceptors (Lipinski definition) is 3. The van der Waals surface area contributed by atoms with Crippen LogP contribution in [0.25, 0.3) is 0 Å². The molecule has 7 heteroatoms. The highest BCUT2D eigenvalue weighted by Crippen LogP contribution is 1.92. The average molecular weight is 198 g/mol. The fraction of sp³-hybridized carbons (Fsp3) is 0.286. The first kappa shape index (κ1) is 10.0. The summed E-state index contributed by atoms with van der Waals surface area (Å²) in [6.45, 7) is 0. The summed E-state index contributed by atoms with van der Waals surface area (Å²) >= 11 is 0. The van der Waals surface area contributed by atoms with Crippen LogP contribution in [0, 0.1) is 0 Å². The minimum atomic E-state index is -0.661. The second-order valence-corrected chi connectivity index (χ2v) is 2.82. The number of urea groups is 2. The molecule has 0 aliphatic carbocycles. The quantitative estimate of drug-likeness (QED) is 0.469. The van der Waals surface area contributed by atoms with Gasteiger partial charge in [0.25, 0.3) is 0 Å². The third-order valence-corrected chi connectivity index (χ3v) is 1.43. The van der Waals surface area contributed by atoms with Crippen molar-refractivity contribution in [1.82, 2.24) is 20.9 Å². The van der Waals surface area contributed by atoms with E-state index in [9.17, 15) is 14.4 Å². The summed E-state index contributed by atoms with van der Waals surface area (Å²) < 4.78 is 0. The van der Waals surface area contributed by atoms with Crippen LogP contribution in [-0.4, -0.2) is 37.0 Å². The summed E-state index contributed by atoms with van der Waals surface area (Å²) in [6.07, 6.45) is 1.12. The number of rotatable bonds is 1. The Balaban J connectivity index is 2.72. The molecule has 5 amide bonds. The number of imide groups is 1. The van der Waals surface area contributed by atoms with E-state index in [0.29, 0.717) is 0 Å². The van der Waals surface area contributed by atoms with Crippen molar-refractivity contribution < 1.29 is 14.4 Å². The molecule has 1 heterocycles. The summed E-state index contributed by atoms with van der Waals surface area (Å²) in [5, 5.41) is 6.47. The summed E-state index contributed by atoms with van der Waals surface area (Å²) in [7, 11) is 3.12. The molecule has 0 saturated carbocycles. The fourth-order valence-electron chi connectivity index (χ4n) is 0.766. The van der Waals surface area contributed by atoms with Gasteiger partial charge >= 0.3 is 12.1 Å². The van der Waals surface area contributed by atoms with Gasteiger partial charge in [-0.2, -0.15) is 0 Å². The molecular formula is C7H10N4O3. The van der Waals surface area contributed by atoms with Crippen molar-refractivity contribution in [1.29, 1.82) is 0 Å². The maximum Gasteiger partial charge on any atom is 0.328 e. The van der Waals surface area contributed by atoms with Crippen molar-refractivity contribution >= 4 is 18.0 Å². The van der Waals surface area contributed by atoms with E-state index in [4.69, 9.17) is 0 Å². The van der Waals surface area contributed by atoms with Crippen LogP contribution < -0.4 is 16.0 Å². The fourth-order valence-corrected chi connectivity index (χ4v) is 0.766. The zero-order valence-electron chi connectivity index (χ0n) is 7.75. The lowest BCUT2D eigenvalue weighted by Crippen LogP contribution is -2.53. The van der Waals surface area contributed by atoms with E-state index < -0.39 is 12.1 Å². The first-order valence-corrected chi connectivity index (χ1v) is 3.81. The van der Waals surface area contributed by atoms with Crippen molar-refractivity contribution in [2.75, 3.05) is 14.1 Å². The van der Waals surface area contributed by atoms with Gasteiger partial charge in [0.2, 0.25) is 5.91 Å². The van der Waals surface area contributed by atoms with Gasteiger partial charge in [-0.05, 0) is 0 Å². The maximum atomic E-state index is 11.2. The van der Waals surface area contributed by atoms with Crippen LogP contribution in [0.1, 0.15) is 0 Å². The Kier molecular flexibility index (Phi) is 2.70. The minimum Gasteiger partial charge on any atom is -0.345 e. The molecule has 14 heavy (non-hydrogen) atoms. The predicted molar refractivity (Wildman–Crippen MR) is 47.0 cm³/mol. The van der Waals surface area contributed by atoms with Crippen LogP contribution in [0.15, 0.2) is 11.9 Å². The number of amides is 5. The van der Waals surface area contributed by atoms with Crippen LogP contribution in [0.4, 0.5) is 9.59 Å². The van der Waals surface area contributed by atoms with Crippen molar-refractivity contribution in [2.24, 2.45) is 0 Å². The van der Waals surface area contributed by atoms with Crippen molar-refractivity contribution in [3.63, 3.8) is 0 Å². The molecule has 76 valence electrons. The van der Waals surface area contributed by atoms with Gasteiger partial charge < -0.3 is 4.90 Å². The van der Waals surface area contributed by atoms with Gasteiger partial charge in [-0.1, -0.05) is 0 Å². The lowest BCUT2D eigenvalue weighted by atomic mass is 10.4. The molecule has 0 aromatic rings. The van der Waals surface area contributed by atoms with Crippen LogP contribution in [-0.2, 0) is 4.79 Å². The van der Waals surface area contributed by atoms with E-state index in [-0.39, 0.29) is 11.7 Å². The lowest BCUT2D eigenvalue weighted by molar-refractivity contribution is -0.123. The highest BCUT2D eigenvalue weighted by atomic mass is 16.2. The molecule has 0 atom stereocenters. The largest absolute Gasteiger partial charge is 0.345 e. The zero-order valence-corrected chi connectivity index (χ0v) is 7.75. The number of nitrogens with one attached hydrogen (secondary N) is 3. The Morgan fingerprint density at radius 2 is 1.64 bits per heavy atom. The molecule has 0 aromatic carbocycles. The van der Waals surface area contributed by atoms with Gasteiger partial charge in [0.1, 0.15) is 5.82 Å². The number of carbonyl (C=O) groups is 3. The van der Waals surface area contributed by atoms with Crippen molar-refractivity contribution in [3.05, 3.63) is 11.9 Å². The molecule has 0 bridgehead atoms. The van der Waals surface area contributed by atoms with Gasteiger partial charge in [-0.25, -0.2) is 9.59 Å². The van der Waals surface area contributed by atoms with E-state index in [1.807, 2.05) is 5.32 Å². The number of hydrogen-bond donors (Lipinski definition) is 3. The molecule has 7 nitrogen and oxygen atoms in total. The molecule has 1 fully saturated rings. The van der Waals surface area contributed by atoms with Gasteiger partial charge in [-0.15, -0.1) is 0 Å². The van der Waals surface area contributed by atoms with E-state index in [0.717, 1.165) is 6.08 Å². The second kappa shape index (κ2) is 3.77. The molecule has 0 aromatic heterocycles. The Hall–Kier alpha value is -2.05. The van der Waals surface area contributed by atoms with E-state index in [1.54, 1.807) is 14.1 Å². The SMILES string of the molecule is CN(C)C(=O)C=C1NC(=O)NC(=O)N1. The topological polar surface area (TPSA) is 90.5 Å². The Morgan fingerprint density at radius 3 is 2.07 bits per heavy atom. The number of nitrogens with zero attached hydrogens (tertiary/aromatic N) is 1. The van der Waals surface area contributed by atoms with Gasteiger partial charge in [-0.3, -0.25) is 20.7 Å². The van der Waals surface area contributed by atoms with Crippen molar-refractivity contribution in [2.45, 2.75) is 0 Å². The van der Waals surface area contributed by atoms with Gasteiger partial charge in [0.15, 0.2) is 0 Å². The molecule has 1 saturated heterocycles. The smallest absolute Gasteiger partial charge is 0.328 e. The van der Waals surface area contributed by atoms with Crippen LogP contribution in [0.5, 0.6) is 0 Å². The molecule has 0 spiro atoms. The van der Waals surface area contributed by atoms with Gasteiger partial charge in [0, 0.05) is 20.2 Å². The van der Waals surface area contributed by atoms with E-state index in [1.165, 1.54) is 4.90 Å². The number of carbonyl (C=O) groups excluding carboxylic acids is 3. The first-order valence-electron chi connectivity index (χ1n) is 3.81. The third kappa shape index (κ3) is 2.47. The van der Waals surface area contributed by atoms with E-state index >= 15 is 0 Å². The molecule has 0 unspecified atom stereocenters. The highest BCUT2D eigenvalue weighted by molar-refractivity contribution is 5.99. The molecule has 1 aliphatic heterocycles. The van der Waals surface area contributed by atoms with Crippen LogP contribution in [0.3, 0.4) is 0 Å². The molecule has 3 N–H and O–H groups in total. The predicted octanol–water partition coefficient (Wildman–Crippen LogP) is -1.06. The second-order valence-electron chi connectivity index (χ2n) is 2.82. The molecular weight excluding hydrogens is 188 g/mol. The Morgan fingerprint density at radius 1 is 1.14 bits per heavy atom. The summed E-state index contributed by atoms with van der Waals surface area (Å²) in [5.41, 5.74) is 0. The van der Waals surface area contributed by atoms with E-state index in [2.05, 4.69) is 10.6 Å². The molecule has 1 rings (SSSR count). The normalized spacial score (nSPS) is 15.1. The third-order valence-electron chi connectivity index (χ3n) is 1.43. The van der Waals surface area contributed by atoms with Crippen molar-refractivity contribution in [3.8, 4) is 0 Å². The maximum absolute atomic E-state index is 11.2. The van der Waals surface area contributed by atoms with Crippen LogP contribution >= 0.6 is 0 Å². The highest BCUT2D eigenvalue weighted by Gasteiger charge is 2.18. The van der Waals surface area contributed by atoms with Crippen LogP contribution in [0.2, 0.25) is 0 Å². The first-order chi connectivity index (χ1) is 6.49. The lowest BCUT2D eigenvalue weighted by Gasteiger charge is -2.17. The standard InChI is InChI=1S/C7H10N4O3/c1-11(2)5(12)3-4-8-6(13)10-7(14)9-4/h3H,1-2H3,(H3,8,9,10,13,14). The Labute approximate surface area is 80.1 Å². The minimum absolute atomic E-state index is 0.0671. The molecule has 0 radical (unpaired) electrons. The average Bonchev–Trinajstić information content (AvgIpc) is 2.01. The monoisotopic (exact) mass is 198 g/mol. The summed E-state index contributed by atoms with van der Waals surface area (Å²) in [5.74, 6) is -0.264. The summed E-state index contributed by atoms with van der Waals surface area (Å²) in [4.78, 5) is 34.0. The zero-order chi connectivity index (χ0) is 10.7. The molecule has 1 aliphatic rings. The Bertz CT molecular complexity index is 303.